The van der Waals surface area contributed by atoms with Crippen LogP contribution in [0.1, 0.15) is 34.6 Å². The molecule has 0 unspecified atom stereocenters. The zero-order valence-corrected chi connectivity index (χ0v) is 14.8. The van der Waals surface area contributed by atoms with Gasteiger partial charge in [-0.1, -0.05) is 29.4 Å². The largest absolute Gasteiger partial charge is 0.361 e. The van der Waals surface area contributed by atoms with Crippen LogP contribution in [-0.4, -0.2) is 47.2 Å². The molecule has 1 aliphatic heterocycles. The van der Waals surface area contributed by atoms with Crippen LogP contribution in [0.2, 0.25) is 0 Å². The van der Waals surface area contributed by atoms with Crippen molar-refractivity contribution in [2.45, 2.75) is 45.7 Å². The topological polar surface area (TPSA) is 32.5 Å². The number of rotatable bonds is 3. The summed E-state index contributed by atoms with van der Waals surface area (Å²) < 4.78 is 5.32. The minimum atomic E-state index is 0.696. The molecule has 1 aliphatic carbocycles. The summed E-state index contributed by atoms with van der Waals surface area (Å²) in [7, 11) is 0. The van der Waals surface area contributed by atoms with E-state index in [9.17, 15) is 0 Å². The third-order valence-electron chi connectivity index (χ3n) is 5.73. The zero-order valence-electron chi connectivity index (χ0n) is 14.8. The van der Waals surface area contributed by atoms with Crippen molar-refractivity contribution in [3.8, 4) is 0 Å². The fraction of sp³-hybridized carbons (Fsp3) is 0.550. The van der Waals surface area contributed by atoms with Crippen molar-refractivity contribution in [1.29, 1.82) is 0 Å². The van der Waals surface area contributed by atoms with E-state index in [1.54, 1.807) is 11.1 Å². The van der Waals surface area contributed by atoms with Gasteiger partial charge in [0.2, 0.25) is 0 Å². The van der Waals surface area contributed by atoms with Gasteiger partial charge in [0.05, 0.1) is 5.69 Å². The van der Waals surface area contributed by atoms with Crippen LogP contribution in [-0.2, 0) is 19.4 Å². The molecular formula is C20H27N3O. The molecule has 1 aromatic heterocycles. The first kappa shape index (κ1) is 15.9. The molecule has 4 heteroatoms. The van der Waals surface area contributed by atoms with Gasteiger partial charge in [-0.3, -0.25) is 9.80 Å². The molecule has 2 aromatic rings. The van der Waals surface area contributed by atoms with Crippen molar-refractivity contribution in [3.63, 3.8) is 0 Å². The van der Waals surface area contributed by atoms with Crippen LogP contribution in [0.25, 0.3) is 0 Å². The van der Waals surface area contributed by atoms with Gasteiger partial charge in [0.25, 0.3) is 0 Å². The Balaban J connectivity index is 1.37. The monoisotopic (exact) mass is 325 g/mol. The van der Waals surface area contributed by atoms with Crippen LogP contribution in [0.5, 0.6) is 0 Å². The molecule has 0 radical (unpaired) electrons. The van der Waals surface area contributed by atoms with E-state index < -0.39 is 0 Å². The number of hydrogen-bond donors (Lipinski definition) is 0. The van der Waals surface area contributed by atoms with E-state index in [1.165, 1.54) is 44.5 Å². The normalized spacial score (nSPS) is 20.2. The second-order valence-electron chi connectivity index (χ2n) is 7.30. The van der Waals surface area contributed by atoms with Crippen molar-refractivity contribution < 1.29 is 4.52 Å². The van der Waals surface area contributed by atoms with E-state index in [0.717, 1.165) is 24.5 Å². The van der Waals surface area contributed by atoms with Gasteiger partial charge in [0, 0.05) is 31.2 Å². The molecule has 1 saturated heterocycles. The van der Waals surface area contributed by atoms with Gasteiger partial charge in [-0.2, -0.15) is 0 Å². The van der Waals surface area contributed by atoms with E-state index in [2.05, 4.69) is 39.2 Å². The summed E-state index contributed by atoms with van der Waals surface area (Å²) >= 11 is 0. The van der Waals surface area contributed by atoms with Crippen molar-refractivity contribution in [2.24, 2.45) is 0 Å². The van der Waals surface area contributed by atoms with E-state index in [0.29, 0.717) is 6.04 Å². The standard InChI is InChI=1S/C20H27N3O/c1-15-20(16(2)24-21-15)14-22-8-5-9-23(11-10-22)19-12-17-6-3-4-7-18(17)13-19/h3-4,6-7,19H,5,8-14H2,1-2H3. The Morgan fingerprint density at radius 1 is 1.04 bits per heavy atom. The predicted octanol–water partition coefficient (Wildman–Crippen LogP) is 2.97. The summed E-state index contributed by atoms with van der Waals surface area (Å²) in [6.07, 6.45) is 3.69. The summed E-state index contributed by atoms with van der Waals surface area (Å²) in [6.45, 7) is 9.73. The van der Waals surface area contributed by atoms with Gasteiger partial charge < -0.3 is 4.52 Å². The average Bonchev–Trinajstić information content (AvgIpc) is 3.05. The highest BCUT2D eigenvalue weighted by Gasteiger charge is 2.28. The summed E-state index contributed by atoms with van der Waals surface area (Å²) in [4.78, 5) is 5.28. The lowest BCUT2D eigenvalue weighted by molar-refractivity contribution is 0.200. The Morgan fingerprint density at radius 3 is 2.46 bits per heavy atom. The molecular weight excluding hydrogens is 298 g/mol. The molecule has 0 saturated carbocycles. The molecule has 0 atom stereocenters. The summed E-state index contributed by atoms with van der Waals surface area (Å²) in [5.74, 6) is 0.972. The highest BCUT2D eigenvalue weighted by molar-refractivity contribution is 5.33. The molecule has 128 valence electrons. The zero-order chi connectivity index (χ0) is 16.5. The fourth-order valence-corrected chi connectivity index (χ4v) is 4.26. The molecule has 0 bridgehead atoms. The van der Waals surface area contributed by atoms with Crippen molar-refractivity contribution in [3.05, 3.63) is 52.4 Å². The lowest BCUT2D eigenvalue weighted by Gasteiger charge is -2.27. The summed E-state index contributed by atoms with van der Waals surface area (Å²) in [5, 5.41) is 4.09. The lowest BCUT2D eigenvalue weighted by Crippen LogP contribution is -2.38. The fourth-order valence-electron chi connectivity index (χ4n) is 4.26. The van der Waals surface area contributed by atoms with E-state index in [-0.39, 0.29) is 0 Å². The minimum Gasteiger partial charge on any atom is -0.361 e. The van der Waals surface area contributed by atoms with Crippen molar-refractivity contribution in [1.82, 2.24) is 15.0 Å². The number of hydrogen-bond acceptors (Lipinski definition) is 4. The van der Waals surface area contributed by atoms with E-state index in [4.69, 9.17) is 4.52 Å². The van der Waals surface area contributed by atoms with Gasteiger partial charge in [0.15, 0.2) is 0 Å². The van der Waals surface area contributed by atoms with Gasteiger partial charge >= 0.3 is 0 Å². The Labute approximate surface area is 144 Å². The summed E-state index contributed by atoms with van der Waals surface area (Å²) in [6, 6.07) is 9.65. The minimum absolute atomic E-state index is 0.696. The first-order chi connectivity index (χ1) is 11.7. The first-order valence-electron chi connectivity index (χ1n) is 9.15. The third kappa shape index (κ3) is 3.13. The quantitative estimate of drug-likeness (QED) is 0.868. The Hall–Kier alpha value is -1.65. The number of nitrogens with zero attached hydrogens (tertiary/aromatic N) is 3. The number of aromatic nitrogens is 1. The molecule has 0 amide bonds. The van der Waals surface area contributed by atoms with Gasteiger partial charge in [-0.05, 0) is 57.3 Å². The molecule has 4 rings (SSSR count). The third-order valence-corrected chi connectivity index (χ3v) is 5.73. The van der Waals surface area contributed by atoms with Crippen LogP contribution in [0.3, 0.4) is 0 Å². The average molecular weight is 325 g/mol. The Morgan fingerprint density at radius 2 is 1.79 bits per heavy atom. The lowest BCUT2D eigenvalue weighted by atomic mass is 10.1. The van der Waals surface area contributed by atoms with Crippen LogP contribution in [0.15, 0.2) is 28.8 Å². The van der Waals surface area contributed by atoms with Crippen LogP contribution >= 0.6 is 0 Å². The molecule has 24 heavy (non-hydrogen) atoms. The second kappa shape index (κ2) is 6.69. The van der Waals surface area contributed by atoms with Gasteiger partial charge in [-0.25, -0.2) is 0 Å². The van der Waals surface area contributed by atoms with Crippen molar-refractivity contribution in [2.75, 3.05) is 26.2 Å². The first-order valence-corrected chi connectivity index (χ1v) is 9.15. The highest BCUT2D eigenvalue weighted by Crippen LogP contribution is 2.26. The number of benzene rings is 1. The molecule has 1 aromatic carbocycles. The second-order valence-corrected chi connectivity index (χ2v) is 7.30. The van der Waals surface area contributed by atoms with Crippen LogP contribution < -0.4 is 0 Å². The predicted molar refractivity (Wildman–Crippen MR) is 95.1 cm³/mol. The molecule has 0 spiro atoms. The number of fused-ring (bicyclic) bond motifs is 1. The van der Waals surface area contributed by atoms with Crippen molar-refractivity contribution >= 4 is 0 Å². The van der Waals surface area contributed by atoms with E-state index >= 15 is 0 Å². The van der Waals surface area contributed by atoms with Gasteiger partial charge in [-0.15, -0.1) is 0 Å². The Bertz CT molecular complexity index is 664. The molecule has 2 aliphatic rings. The highest BCUT2D eigenvalue weighted by atomic mass is 16.5. The SMILES string of the molecule is Cc1noc(C)c1CN1CCCN(C2Cc3ccccc3C2)CC1. The molecule has 4 nitrogen and oxygen atoms in total. The van der Waals surface area contributed by atoms with Crippen LogP contribution in [0.4, 0.5) is 0 Å². The molecule has 1 fully saturated rings. The maximum Gasteiger partial charge on any atom is 0.138 e. The Kier molecular flexibility index (Phi) is 4.42. The maximum atomic E-state index is 5.32. The summed E-state index contributed by atoms with van der Waals surface area (Å²) in [5.41, 5.74) is 5.43. The van der Waals surface area contributed by atoms with Gasteiger partial charge in [0.1, 0.15) is 5.76 Å². The smallest absolute Gasteiger partial charge is 0.138 e. The maximum absolute atomic E-state index is 5.32. The van der Waals surface area contributed by atoms with Crippen LogP contribution in [0, 0.1) is 13.8 Å². The molecule has 2 heterocycles. The number of aryl methyl sites for hydroxylation is 2. The molecule has 0 N–H and O–H groups in total. The van der Waals surface area contributed by atoms with E-state index in [1.807, 2.05) is 13.8 Å².